The van der Waals surface area contributed by atoms with Crippen LogP contribution in [0.5, 0.6) is 0 Å². The van der Waals surface area contributed by atoms with Crippen LogP contribution in [0.15, 0.2) is 212 Å². The molecule has 2 fully saturated rings. The van der Waals surface area contributed by atoms with Crippen molar-refractivity contribution in [2.24, 2.45) is 0 Å². The largest absolute Gasteiger partial charge is 0.459 e. The predicted molar refractivity (Wildman–Crippen MR) is 292 cm³/mol. The second-order valence-corrected chi connectivity index (χ2v) is 19.6. The molecule has 0 aromatic heterocycles. The lowest BCUT2D eigenvalue weighted by molar-refractivity contribution is -0.335. The molecular weight excluding hydrogens is 1060 g/mol. The van der Waals surface area contributed by atoms with Crippen molar-refractivity contribution in [3.8, 4) is 0 Å². The van der Waals surface area contributed by atoms with Crippen LogP contribution < -0.4 is 0 Å². The van der Waals surface area contributed by atoms with Gasteiger partial charge >= 0.3 is 41.8 Å². The highest BCUT2D eigenvalue weighted by Gasteiger charge is 2.58. The summed E-state index contributed by atoms with van der Waals surface area (Å²) < 4.78 is 64.0. The maximum Gasteiger partial charge on any atom is 0.338 e. The van der Waals surface area contributed by atoms with Crippen LogP contribution in [0.4, 0.5) is 0 Å². The molecule has 4 unspecified atom stereocenters. The number of thioether (sulfide) groups is 1. The number of benzene rings is 7. The third-order valence-corrected chi connectivity index (χ3v) is 13.9. The standard InChI is InChI=1S/C63H54O17S/c1-2-81-63-54(79-61(70)46-36-22-9-23-37-46)52(77-59(68)44-32-18-7-19-33-44)50(48(74-63)39-72-56(65)41-26-12-4-13-27-41)80-62-53(78-60(69)45-34-20-8-21-35-45)51(76-58(67)43-30-16-6-17-31-43)49(75-57(66)42-28-14-5-15-29-42)47(73-62)38-71-55(64)40-24-10-3-11-25-40/h3-37,47-54,62-63H,2,38-39H2,1H3/t47?,48?,49-,50-,51+,52+,53?,54?,62+,63+/m1/s1. The van der Waals surface area contributed by atoms with Crippen LogP contribution in [0.3, 0.4) is 0 Å². The lowest BCUT2D eigenvalue weighted by atomic mass is 9.96. The van der Waals surface area contributed by atoms with Crippen molar-refractivity contribution in [2.75, 3.05) is 19.0 Å². The minimum atomic E-state index is -2.00. The van der Waals surface area contributed by atoms with Crippen molar-refractivity contribution in [3.05, 3.63) is 251 Å². The maximum atomic E-state index is 14.6. The summed E-state index contributed by atoms with van der Waals surface area (Å²) in [6, 6.07) is 55.5. The van der Waals surface area contributed by atoms with Gasteiger partial charge in [-0.25, -0.2) is 33.6 Å². The van der Waals surface area contributed by atoms with Gasteiger partial charge in [-0.15, -0.1) is 11.8 Å². The van der Waals surface area contributed by atoms with Crippen LogP contribution in [0, 0.1) is 0 Å². The van der Waals surface area contributed by atoms with Crippen molar-refractivity contribution >= 4 is 53.5 Å². The number of rotatable bonds is 20. The first kappa shape index (κ1) is 56.8. The highest BCUT2D eigenvalue weighted by atomic mass is 32.2. The summed E-state index contributed by atoms with van der Waals surface area (Å²) in [5, 5.41) is 0. The van der Waals surface area contributed by atoms with Crippen molar-refractivity contribution in [1.29, 1.82) is 0 Å². The zero-order valence-corrected chi connectivity index (χ0v) is 44.3. The molecule has 9 rings (SSSR count). The van der Waals surface area contributed by atoms with E-state index < -0.39 is 116 Å². The van der Waals surface area contributed by atoms with E-state index >= 15 is 0 Å². The molecule has 0 amide bonds. The van der Waals surface area contributed by atoms with Crippen LogP contribution in [-0.2, 0) is 47.4 Å². The minimum absolute atomic E-state index is 0.0230. The first-order chi connectivity index (χ1) is 39.5. The van der Waals surface area contributed by atoms with Crippen molar-refractivity contribution in [2.45, 2.75) is 67.5 Å². The Bertz CT molecular complexity index is 3210. The van der Waals surface area contributed by atoms with Gasteiger partial charge in [-0.2, -0.15) is 0 Å². The zero-order valence-electron chi connectivity index (χ0n) is 43.5. The molecule has 17 nitrogen and oxygen atoms in total. The summed E-state index contributed by atoms with van der Waals surface area (Å²) in [4.78, 5) is 99.7. The second-order valence-electron chi connectivity index (χ2n) is 18.3. The van der Waals surface area contributed by atoms with Crippen LogP contribution in [0.1, 0.15) is 79.4 Å². The molecule has 81 heavy (non-hydrogen) atoms. The van der Waals surface area contributed by atoms with E-state index in [0.717, 1.165) is 0 Å². The van der Waals surface area contributed by atoms with E-state index in [1.807, 2.05) is 6.92 Å². The third kappa shape index (κ3) is 14.7. The second kappa shape index (κ2) is 27.8. The fraction of sp³-hybridized carbons (Fsp3) is 0.222. The van der Waals surface area contributed by atoms with E-state index in [2.05, 4.69) is 0 Å². The van der Waals surface area contributed by atoms with Crippen molar-refractivity contribution in [3.63, 3.8) is 0 Å². The Labute approximate surface area is 470 Å². The van der Waals surface area contributed by atoms with Crippen LogP contribution in [0.25, 0.3) is 0 Å². The number of carbonyl (C=O) groups excluding carboxylic acids is 7. The number of esters is 7. The third-order valence-electron chi connectivity index (χ3n) is 12.8. The van der Waals surface area contributed by atoms with Gasteiger partial charge in [-0.1, -0.05) is 134 Å². The van der Waals surface area contributed by atoms with Crippen LogP contribution in [-0.4, -0.2) is 121 Å². The topological polar surface area (TPSA) is 212 Å². The molecule has 10 atom stereocenters. The molecule has 0 radical (unpaired) electrons. The fourth-order valence-electron chi connectivity index (χ4n) is 8.87. The average molecular weight is 1120 g/mol. The Morgan fingerprint density at radius 1 is 0.333 bits per heavy atom. The first-order valence-electron chi connectivity index (χ1n) is 25.9. The number of hydrogen-bond acceptors (Lipinski definition) is 18. The lowest BCUT2D eigenvalue weighted by Crippen LogP contribution is -2.67. The van der Waals surface area contributed by atoms with Crippen molar-refractivity contribution < 1.29 is 80.9 Å². The normalized spacial score (nSPS) is 22.1. The summed E-state index contributed by atoms with van der Waals surface area (Å²) in [7, 11) is 0. The molecule has 0 N–H and O–H groups in total. The molecule has 0 saturated carbocycles. The van der Waals surface area contributed by atoms with E-state index in [4.69, 9.17) is 47.4 Å². The van der Waals surface area contributed by atoms with Gasteiger partial charge in [-0.3, -0.25) is 0 Å². The first-order valence-corrected chi connectivity index (χ1v) is 26.9. The Hall–Kier alpha value is -8.94. The predicted octanol–water partition coefficient (Wildman–Crippen LogP) is 9.42. The molecule has 7 aromatic carbocycles. The molecule has 414 valence electrons. The van der Waals surface area contributed by atoms with E-state index in [-0.39, 0.29) is 38.9 Å². The zero-order chi connectivity index (χ0) is 56.5. The SMILES string of the molecule is CCS[C@@H]1OC(COC(=O)c2ccccc2)[C@@H](O[C@@H]2OC(COC(=O)c3ccccc3)[C@@H](OC(=O)c3ccccc3)[C@H](OC(=O)c3ccccc3)C2OC(=O)c2ccccc2)[C@H](OC(=O)c2ccccc2)C1OC(=O)c1ccccc1. The molecule has 2 aliphatic heterocycles. The molecule has 0 bridgehead atoms. The van der Waals surface area contributed by atoms with Gasteiger partial charge < -0.3 is 47.4 Å². The highest BCUT2D eigenvalue weighted by Crippen LogP contribution is 2.39. The van der Waals surface area contributed by atoms with E-state index in [1.54, 1.807) is 140 Å². The van der Waals surface area contributed by atoms with Gasteiger partial charge in [0.25, 0.3) is 0 Å². The lowest BCUT2D eigenvalue weighted by Gasteiger charge is -2.49. The van der Waals surface area contributed by atoms with Gasteiger partial charge in [0.2, 0.25) is 0 Å². The molecule has 0 spiro atoms. The number of carbonyl (C=O) groups is 7. The monoisotopic (exact) mass is 1110 g/mol. The van der Waals surface area contributed by atoms with E-state index in [1.165, 1.54) is 84.6 Å². The Balaban J connectivity index is 1.20. The summed E-state index contributed by atoms with van der Waals surface area (Å²) >= 11 is 1.19. The molecule has 2 saturated heterocycles. The van der Waals surface area contributed by atoms with Gasteiger partial charge in [0.15, 0.2) is 36.8 Å². The van der Waals surface area contributed by atoms with E-state index in [9.17, 15) is 33.6 Å². The molecule has 2 heterocycles. The number of hydrogen-bond donors (Lipinski definition) is 0. The van der Waals surface area contributed by atoms with Gasteiger partial charge in [0, 0.05) is 0 Å². The van der Waals surface area contributed by atoms with Gasteiger partial charge in [-0.05, 0) is 90.7 Å². The summed E-state index contributed by atoms with van der Waals surface area (Å²) in [5.74, 6) is -5.86. The molecule has 2 aliphatic rings. The maximum absolute atomic E-state index is 14.6. The molecule has 7 aromatic rings. The van der Waals surface area contributed by atoms with Crippen LogP contribution >= 0.6 is 11.8 Å². The van der Waals surface area contributed by atoms with E-state index in [0.29, 0.717) is 5.75 Å². The van der Waals surface area contributed by atoms with Gasteiger partial charge in [0.1, 0.15) is 37.0 Å². The molecule has 0 aliphatic carbocycles. The molecular formula is C63H54O17S. The van der Waals surface area contributed by atoms with Crippen molar-refractivity contribution in [1.82, 2.24) is 0 Å². The highest BCUT2D eigenvalue weighted by molar-refractivity contribution is 7.99. The van der Waals surface area contributed by atoms with Crippen LogP contribution in [0.2, 0.25) is 0 Å². The quantitative estimate of drug-likeness (QED) is 0.0514. The Morgan fingerprint density at radius 2 is 0.605 bits per heavy atom. The summed E-state index contributed by atoms with van der Waals surface area (Å²) in [5.41, 5.74) is -0.467. The Kier molecular flexibility index (Phi) is 19.5. The fourth-order valence-corrected chi connectivity index (χ4v) is 9.82. The Morgan fingerprint density at radius 3 is 0.938 bits per heavy atom. The summed E-state index contributed by atoms with van der Waals surface area (Å²) in [6.07, 6.45) is -15.6. The average Bonchev–Trinajstić information content (AvgIpc) is 3.71. The smallest absolute Gasteiger partial charge is 0.338 e. The number of ether oxygens (including phenoxy) is 10. The summed E-state index contributed by atoms with van der Waals surface area (Å²) in [6.45, 7) is 0.518. The van der Waals surface area contributed by atoms with Gasteiger partial charge in [0.05, 0.1) is 38.9 Å². The molecule has 18 heteroatoms. The minimum Gasteiger partial charge on any atom is -0.459 e.